The number of hydrogen-bond acceptors (Lipinski definition) is 4. The third kappa shape index (κ3) is 2.72. The predicted molar refractivity (Wildman–Crippen MR) is 107 cm³/mol. The maximum Gasteiger partial charge on any atom is 0.227 e. The van der Waals surface area contributed by atoms with Crippen LogP contribution < -0.4 is 10.6 Å². The highest BCUT2D eigenvalue weighted by Gasteiger charge is 2.53. The summed E-state index contributed by atoms with van der Waals surface area (Å²) in [5, 5.41) is 1.14. The Balaban J connectivity index is 1.36. The third-order valence-electron chi connectivity index (χ3n) is 5.95. The van der Waals surface area contributed by atoms with Crippen molar-refractivity contribution in [3.8, 4) is 0 Å². The van der Waals surface area contributed by atoms with Crippen LogP contribution >= 0.6 is 0 Å². The van der Waals surface area contributed by atoms with Gasteiger partial charge in [0, 0.05) is 48.8 Å². The molecule has 0 radical (unpaired) electrons. The number of hydrogen-bond donors (Lipinski definition) is 2. The minimum atomic E-state index is -0.0230. The van der Waals surface area contributed by atoms with Gasteiger partial charge in [-0.1, -0.05) is 18.2 Å². The fourth-order valence-corrected chi connectivity index (χ4v) is 4.32. The lowest BCUT2D eigenvalue weighted by atomic mass is 10.0. The number of H-pyrrole nitrogens is 1. The highest BCUT2D eigenvalue weighted by Crippen LogP contribution is 2.46. The SMILES string of the molecule is Nc1ccccc1CC(=O)N1CCN(c2ccnc3[nH]ccc23)CC12CC2. The van der Waals surface area contributed by atoms with Crippen LogP contribution in [0.5, 0.6) is 0 Å². The number of aromatic nitrogens is 2. The molecule has 1 aliphatic carbocycles. The standard InChI is InChI=1S/C21H23N5O/c22-17-4-2-1-3-15(17)13-19(27)26-12-11-25(14-21(26)7-8-21)18-6-10-24-20-16(18)5-9-23-20/h1-6,9-10H,7-8,11-14,22H2,(H,23,24). The van der Waals surface area contributed by atoms with Gasteiger partial charge in [0.05, 0.1) is 12.0 Å². The summed E-state index contributed by atoms with van der Waals surface area (Å²) >= 11 is 0. The van der Waals surface area contributed by atoms with E-state index in [9.17, 15) is 4.79 Å². The smallest absolute Gasteiger partial charge is 0.227 e. The van der Waals surface area contributed by atoms with Crippen molar-refractivity contribution in [3.63, 3.8) is 0 Å². The molecule has 3 N–H and O–H groups in total. The maximum atomic E-state index is 13.0. The van der Waals surface area contributed by atoms with Gasteiger partial charge >= 0.3 is 0 Å². The molecule has 1 amide bonds. The Morgan fingerprint density at radius 2 is 2.04 bits per heavy atom. The number of carbonyl (C=O) groups is 1. The summed E-state index contributed by atoms with van der Waals surface area (Å²) in [5.74, 6) is 0.187. The molecule has 6 nitrogen and oxygen atoms in total. The zero-order chi connectivity index (χ0) is 18.4. The molecule has 5 rings (SSSR count). The number of anilines is 2. The summed E-state index contributed by atoms with van der Waals surface area (Å²) in [5.41, 5.74) is 9.74. The first kappa shape index (κ1) is 16.2. The van der Waals surface area contributed by atoms with Crippen molar-refractivity contribution in [2.24, 2.45) is 0 Å². The van der Waals surface area contributed by atoms with Crippen molar-refractivity contribution in [1.29, 1.82) is 0 Å². The molecule has 0 atom stereocenters. The number of para-hydroxylation sites is 1. The number of amides is 1. The third-order valence-corrected chi connectivity index (χ3v) is 5.95. The van der Waals surface area contributed by atoms with Crippen LogP contribution in [0.25, 0.3) is 11.0 Å². The van der Waals surface area contributed by atoms with E-state index in [0.29, 0.717) is 12.1 Å². The second kappa shape index (κ2) is 6.01. The number of carbonyl (C=O) groups excluding carboxylic acids is 1. The molecule has 6 heteroatoms. The lowest BCUT2D eigenvalue weighted by Crippen LogP contribution is -2.57. The number of aromatic amines is 1. The van der Waals surface area contributed by atoms with Gasteiger partial charge in [-0.25, -0.2) is 4.98 Å². The van der Waals surface area contributed by atoms with Crippen LogP contribution in [0.1, 0.15) is 18.4 Å². The number of pyridine rings is 1. The molecule has 138 valence electrons. The van der Waals surface area contributed by atoms with Crippen LogP contribution in [0, 0.1) is 0 Å². The van der Waals surface area contributed by atoms with Crippen molar-refractivity contribution in [3.05, 3.63) is 54.4 Å². The molecule has 3 heterocycles. The molecule has 0 bridgehead atoms. The average molecular weight is 361 g/mol. The van der Waals surface area contributed by atoms with Crippen molar-refractivity contribution in [1.82, 2.24) is 14.9 Å². The van der Waals surface area contributed by atoms with Crippen LogP contribution in [0.3, 0.4) is 0 Å². The van der Waals surface area contributed by atoms with Gasteiger partial charge in [0.25, 0.3) is 0 Å². The number of nitrogens with zero attached hydrogens (tertiary/aromatic N) is 3. The molecule has 2 fully saturated rings. The Kier molecular flexibility index (Phi) is 3.60. The van der Waals surface area contributed by atoms with E-state index in [2.05, 4.69) is 31.9 Å². The largest absolute Gasteiger partial charge is 0.398 e. The predicted octanol–water partition coefficient (Wildman–Crippen LogP) is 2.57. The number of nitrogen functional groups attached to an aromatic ring is 1. The van der Waals surface area contributed by atoms with Gasteiger partial charge < -0.3 is 20.5 Å². The van der Waals surface area contributed by atoms with Crippen molar-refractivity contribution >= 4 is 28.3 Å². The van der Waals surface area contributed by atoms with Gasteiger partial charge in [0.15, 0.2) is 0 Å². The van der Waals surface area contributed by atoms with E-state index in [4.69, 9.17) is 5.73 Å². The number of rotatable bonds is 3. The summed E-state index contributed by atoms with van der Waals surface area (Å²) in [6, 6.07) is 11.8. The van der Waals surface area contributed by atoms with E-state index >= 15 is 0 Å². The zero-order valence-electron chi connectivity index (χ0n) is 15.2. The molecule has 2 aromatic heterocycles. The topological polar surface area (TPSA) is 78.2 Å². The Hall–Kier alpha value is -3.02. The Morgan fingerprint density at radius 3 is 2.85 bits per heavy atom. The second-order valence-electron chi connectivity index (χ2n) is 7.64. The number of nitrogens with two attached hydrogens (primary N) is 1. The van der Waals surface area contributed by atoms with E-state index in [1.165, 1.54) is 5.69 Å². The van der Waals surface area contributed by atoms with Crippen molar-refractivity contribution < 1.29 is 4.79 Å². The molecule has 3 aromatic rings. The second-order valence-corrected chi connectivity index (χ2v) is 7.64. The number of nitrogens with one attached hydrogen (secondary N) is 1. The Labute approximate surface area is 158 Å². The van der Waals surface area contributed by atoms with Gasteiger partial charge in [-0.05, 0) is 36.6 Å². The monoisotopic (exact) mass is 361 g/mol. The van der Waals surface area contributed by atoms with Gasteiger partial charge in [-0.2, -0.15) is 0 Å². The number of piperazine rings is 1. The first-order valence-corrected chi connectivity index (χ1v) is 9.47. The van der Waals surface area contributed by atoms with Gasteiger partial charge in [-0.3, -0.25) is 4.79 Å². The minimum Gasteiger partial charge on any atom is -0.398 e. The fraction of sp³-hybridized carbons (Fsp3) is 0.333. The molecule has 0 unspecified atom stereocenters. The van der Waals surface area contributed by atoms with Crippen molar-refractivity contribution in [2.75, 3.05) is 30.3 Å². The van der Waals surface area contributed by atoms with Crippen LogP contribution in [0.4, 0.5) is 11.4 Å². The first-order valence-electron chi connectivity index (χ1n) is 9.47. The van der Waals surface area contributed by atoms with E-state index in [-0.39, 0.29) is 11.4 Å². The summed E-state index contributed by atoms with van der Waals surface area (Å²) < 4.78 is 0. The van der Waals surface area contributed by atoms with E-state index in [1.54, 1.807) is 0 Å². The van der Waals surface area contributed by atoms with E-state index in [0.717, 1.165) is 49.1 Å². The average Bonchev–Trinajstić information content (AvgIpc) is 3.25. The maximum absolute atomic E-state index is 13.0. The lowest BCUT2D eigenvalue weighted by Gasteiger charge is -2.43. The zero-order valence-corrected chi connectivity index (χ0v) is 15.2. The molecule has 1 saturated heterocycles. The minimum absolute atomic E-state index is 0.0230. The molecular weight excluding hydrogens is 338 g/mol. The summed E-state index contributed by atoms with van der Waals surface area (Å²) in [6.07, 6.45) is 6.30. The van der Waals surface area contributed by atoms with Crippen molar-refractivity contribution in [2.45, 2.75) is 24.8 Å². The highest BCUT2D eigenvalue weighted by molar-refractivity contribution is 5.90. The van der Waals surface area contributed by atoms with E-state index < -0.39 is 0 Å². The normalized spacial score (nSPS) is 18.2. The molecular formula is C21H23N5O. The molecule has 2 aliphatic rings. The van der Waals surface area contributed by atoms with Crippen LogP contribution in [-0.2, 0) is 11.2 Å². The molecule has 1 aliphatic heterocycles. The van der Waals surface area contributed by atoms with Gasteiger partial charge in [0.1, 0.15) is 5.65 Å². The summed E-state index contributed by atoms with van der Waals surface area (Å²) in [7, 11) is 0. The Bertz CT molecular complexity index is 1010. The lowest BCUT2D eigenvalue weighted by molar-refractivity contribution is -0.134. The fourth-order valence-electron chi connectivity index (χ4n) is 4.32. The van der Waals surface area contributed by atoms with E-state index in [1.807, 2.05) is 36.7 Å². The molecule has 1 spiro atoms. The van der Waals surface area contributed by atoms with Gasteiger partial charge in [0.2, 0.25) is 5.91 Å². The summed E-state index contributed by atoms with van der Waals surface area (Å²) in [4.78, 5) is 25.1. The quantitative estimate of drug-likeness (QED) is 0.703. The number of fused-ring (bicyclic) bond motifs is 1. The molecule has 1 aromatic carbocycles. The Morgan fingerprint density at radius 1 is 1.19 bits per heavy atom. The van der Waals surface area contributed by atoms with Gasteiger partial charge in [-0.15, -0.1) is 0 Å². The van der Waals surface area contributed by atoms with Crippen LogP contribution in [0.2, 0.25) is 0 Å². The summed E-state index contributed by atoms with van der Waals surface area (Å²) in [6.45, 7) is 2.47. The van der Waals surface area contributed by atoms with Crippen LogP contribution in [-0.4, -0.2) is 45.9 Å². The first-order chi connectivity index (χ1) is 13.2. The number of benzene rings is 1. The van der Waals surface area contributed by atoms with Crippen LogP contribution in [0.15, 0.2) is 48.8 Å². The molecule has 27 heavy (non-hydrogen) atoms. The highest BCUT2D eigenvalue weighted by atomic mass is 16.2. The molecule has 1 saturated carbocycles.